The molecule has 0 saturated carbocycles. The molecule has 0 aliphatic carbocycles. The van der Waals surface area contributed by atoms with Crippen molar-refractivity contribution in [2.24, 2.45) is 11.8 Å². The first-order valence-electron chi connectivity index (χ1n) is 8.41. The molecule has 3 unspecified atom stereocenters. The van der Waals surface area contributed by atoms with E-state index in [1.165, 1.54) is 0 Å². The predicted octanol–water partition coefficient (Wildman–Crippen LogP) is 1.56. The smallest absolute Gasteiger partial charge is 0.225 e. The van der Waals surface area contributed by atoms with Crippen LogP contribution in [0, 0.1) is 11.8 Å². The number of nitrogens with one attached hydrogen (secondary N) is 2. The second-order valence-electron chi connectivity index (χ2n) is 6.48. The molecule has 0 aromatic carbocycles. The summed E-state index contributed by atoms with van der Waals surface area (Å²) in [5, 5.41) is 6.47. The van der Waals surface area contributed by atoms with E-state index in [2.05, 4.69) is 10.6 Å². The van der Waals surface area contributed by atoms with E-state index in [-0.39, 0.29) is 42.1 Å². The number of nitrogens with zero attached hydrogens (tertiary/aromatic N) is 1. The van der Waals surface area contributed by atoms with Gasteiger partial charge in [0.1, 0.15) is 0 Å². The van der Waals surface area contributed by atoms with Gasteiger partial charge >= 0.3 is 0 Å². The molecule has 2 aliphatic rings. The van der Waals surface area contributed by atoms with E-state index in [0.717, 1.165) is 51.7 Å². The molecule has 6 heteroatoms. The quantitative estimate of drug-likeness (QED) is 0.822. The topological polar surface area (TPSA) is 61.4 Å². The second-order valence-corrected chi connectivity index (χ2v) is 6.48. The van der Waals surface area contributed by atoms with Crippen molar-refractivity contribution in [2.75, 3.05) is 26.2 Å². The van der Waals surface area contributed by atoms with E-state index in [4.69, 9.17) is 0 Å². The molecule has 128 valence electrons. The van der Waals surface area contributed by atoms with Crippen LogP contribution in [0.3, 0.4) is 0 Å². The van der Waals surface area contributed by atoms with E-state index in [1.807, 2.05) is 18.7 Å². The van der Waals surface area contributed by atoms with Crippen molar-refractivity contribution < 1.29 is 9.59 Å². The van der Waals surface area contributed by atoms with Crippen LogP contribution in [0.2, 0.25) is 0 Å². The van der Waals surface area contributed by atoms with E-state index in [0.29, 0.717) is 6.54 Å². The molecular formula is C16H30ClN3O2. The maximum Gasteiger partial charge on any atom is 0.225 e. The van der Waals surface area contributed by atoms with E-state index >= 15 is 0 Å². The van der Waals surface area contributed by atoms with Gasteiger partial charge in [-0.2, -0.15) is 0 Å². The zero-order valence-corrected chi connectivity index (χ0v) is 14.6. The molecule has 2 heterocycles. The lowest BCUT2D eigenvalue weighted by atomic mass is 9.94. The van der Waals surface area contributed by atoms with Crippen molar-refractivity contribution in [1.82, 2.24) is 15.5 Å². The molecule has 0 spiro atoms. The summed E-state index contributed by atoms with van der Waals surface area (Å²) in [6, 6.07) is 0.256. The summed E-state index contributed by atoms with van der Waals surface area (Å²) in [5.74, 6) is 0.364. The Morgan fingerprint density at radius 2 is 2.09 bits per heavy atom. The first-order chi connectivity index (χ1) is 10.1. The average Bonchev–Trinajstić information content (AvgIpc) is 2.54. The van der Waals surface area contributed by atoms with Crippen molar-refractivity contribution in [3.8, 4) is 0 Å². The molecule has 2 fully saturated rings. The van der Waals surface area contributed by atoms with Crippen LogP contribution in [-0.2, 0) is 9.59 Å². The van der Waals surface area contributed by atoms with Crippen LogP contribution in [0.5, 0.6) is 0 Å². The Bertz CT molecular complexity index is 372. The summed E-state index contributed by atoms with van der Waals surface area (Å²) in [7, 11) is 0. The number of halogens is 1. The fourth-order valence-electron chi connectivity index (χ4n) is 3.17. The van der Waals surface area contributed by atoms with Gasteiger partial charge in [-0.25, -0.2) is 0 Å². The summed E-state index contributed by atoms with van der Waals surface area (Å²) in [6.07, 6.45) is 4.87. The molecular weight excluding hydrogens is 302 g/mol. The van der Waals surface area contributed by atoms with Crippen LogP contribution >= 0.6 is 12.4 Å². The first-order valence-corrected chi connectivity index (χ1v) is 8.41. The number of piperidine rings is 2. The number of carbonyl (C=O) groups excluding carboxylic acids is 2. The summed E-state index contributed by atoms with van der Waals surface area (Å²) in [4.78, 5) is 26.6. The highest BCUT2D eigenvalue weighted by molar-refractivity contribution is 5.85. The highest BCUT2D eigenvalue weighted by Crippen LogP contribution is 2.20. The Morgan fingerprint density at radius 1 is 1.32 bits per heavy atom. The second kappa shape index (κ2) is 9.36. The molecule has 22 heavy (non-hydrogen) atoms. The predicted molar refractivity (Wildman–Crippen MR) is 90.0 cm³/mol. The fraction of sp³-hybridized carbons (Fsp3) is 0.875. The van der Waals surface area contributed by atoms with Gasteiger partial charge in [0.15, 0.2) is 0 Å². The molecule has 2 amide bonds. The van der Waals surface area contributed by atoms with Gasteiger partial charge in [-0.05, 0) is 38.6 Å². The maximum absolute atomic E-state index is 12.4. The number of carbonyl (C=O) groups is 2. The third-order valence-corrected chi connectivity index (χ3v) is 4.78. The normalized spacial score (nSPS) is 26.7. The molecule has 2 aliphatic heterocycles. The lowest BCUT2D eigenvalue weighted by molar-refractivity contribution is -0.139. The van der Waals surface area contributed by atoms with Gasteiger partial charge in [-0.3, -0.25) is 9.59 Å². The fourth-order valence-corrected chi connectivity index (χ4v) is 3.17. The number of hydrogen-bond acceptors (Lipinski definition) is 3. The van der Waals surface area contributed by atoms with Crippen molar-refractivity contribution in [3.63, 3.8) is 0 Å². The van der Waals surface area contributed by atoms with Crippen LogP contribution in [-0.4, -0.2) is 48.9 Å². The Labute approximate surface area is 140 Å². The Kier molecular flexibility index (Phi) is 8.18. The molecule has 2 N–H and O–H groups in total. The minimum absolute atomic E-state index is 0. The van der Waals surface area contributed by atoms with Gasteiger partial charge in [-0.1, -0.05) is 13.8 Å². The van der Waals surface area contributed by atoms with Crippen molar-refractivity contribution in [1.29, 1.82) is 0 Å². The van der Waals surface area contributed by atoms with Gasteiger partial charge in [0.2, 0.25) is 11.8 Å². The maximum atomic E-state index is 12.4. The van der Waals surface area contributed by atoms with Crippen LogP contribution < -0.4 is 10.6 Å². The Morgan fingerprint density at radius 3 is 2.73 bits per heavy atom. The third kappa shape index (κ3) is 5.13. The highest BCUT2D eigenvalue weighted by atomic mass is 35.5. The monoisotopic (exact) mass is 331 g/mol. The zero-order valence-electron chi connectivity index (χ0n) is 13.8. The first kappa shape index (κ1) is 19.2. The largest absolute Gasteiger partial charge is 0.352 e. The van der Waals surface area contributed by atoms with Crippen molar-refractivity contribution in [2.45, 2.75) is 52.0 Å². The molecule has 0 radical (unpaired) electrons. The summed E-state index contributed by atoms with van der Waals surface area (Å²) in [6.45, 7) is 7.32. The lowest BCUT2D eigenvalue weighted by Crippen LogP contribution is -2.51. The summed E-state index contributed by atoms with van der Waals surface area (Å²) < 4.78 is 0. The van der Waals surface area contributed by atoms with Crippen molar-refractivity contribution in [3.05, 3.63) is 0 Å². The molecule has 0 aromatic heterocycles. The lowest BCUT2D eigenvalue weighted by Gasteiger charge is -2.34. The van der Waals surface area contributed by atoms with Gasteiger partial charge in [0.05, 0.1) is 5.92 Å². The number of likely N-dealkylation sites (tertiary alicyclic amines) is 1. The van der Waals surface area contributed by atoms with Crippen molar-refractivity contribution >= 4 is 24.2 Å². The average molecular weight is 332 g/mol. The van der Waals surface area contributed by atoms with Gasteiger partial charge in [0, 0.05) is 31.6 Å². The minimum Gasteiger partial charge on any atom is -0.352 e. The number of hydrogen-bond donors (Lipinski definition) is 2. The molecule has 2 rings (SSSR count). The highest BCUT2D eigenvalue weighted by Gasteiger charge is 2.30. The molecule has 0 bridgehead atoms. The van der Waals surface area contributed by atoms with E-state index in [9.17, 15) is 9.59 Å². The minimum atomic E-state index is -0.0336. The van der Waals surface area contributed by atoms with Gasteiger partial charge < -0.3 is 15.5 Å². The molecule has 2 saturated heterocycles. The summed E-state index contributed by atoms with van der Waals surface area (Å²) in [5.41, 5.74) is 0. The van der Waals surface area contributed by atoms with Crippen LogP contribution in [0.4, 0.5) is 0 Å². The van der Waals surface area contributed by atoms with E-state index < -0.39 is 0 Å². The standard InChI is InChI=1S/C16H29N3O2.ClH/c1-3-12(2)16(21)19-9-5-6-13(11-19)15(20)18-14-7-4-8-17-10-14;/h12-14,17H,3-11H2,1-2H3,(H,18,20);1H. The molecule has 0 aromatic rings. The SMILES string of the molecule is CCC(C)C(=O)N1CCCC(C(=O)NC2CCCNC2)C1.Cl. The third-order valence-electron chi connectivity index (χ3n) is 4.78. The number of amides is 2. The number of rotatable bonds is 4. The molecule has 5 nitrogen and oxygen atoms in total. The van der Waals surface area contributed by atoms with Crippen LogP contribution in [0.1, 0.15) is 46.0 Å². The Balaban J connectivity index is 0.00000242. The van der Waals surface area contributed by atoms with Gasteiger partial charge in [-0.15, -0.1) is 12.4 Å². The molecule has 3 atom stereocenters. The van der Waals surface area contributed by atoms with Crippen LogP contribution in [0.15, 0.2) is 0 Å². The zero-order chi connectivity index (χ0) is 15.2. The van der Waals surface area contributed by atoms with Gasteiger partial charge in [0.25, 0.3) is 0 Å². The van der Waals surface area contributed by atoms with E-state index in [1.54, 1.807) is 0 Å². The Hall–Kier alpha value is -0.810. The van der Waals surface area contributed by atoms with Crippen LogP contribution in [0.25, 0.3) is 0 Å². The summed E-state index contributed by atoms with van der Waals surface area (Å²) >= 11 is 0.